The summed E-state index contributed by atoms with van der Waals surface area (Å²) < 4.78 is 5.88. The summed E-state index contributed by atoms with van der Waals surface area (Å²) in [4.78, 5) is 6.98. The van der Waals surface area contributed by atoms with E-state index < -0.39 is 0 Å². The summed E-state index contributed by atoms with van der Waals surface area (Å²) in [5, 5.41) is 3.13. The smallest absolute Gasteiger partial charge is 0.198 e. The van der Waals surface area contributed by atoms with E-state index in [0.29, 0.717) is 12.0 Å². The van der Waals surface area contributed by atoms with Gasteiger partial charge in [-0.2, -0.15) is 0 Å². The molecule has 1 unspecified atom stereocenters. The Morgan fingerprint density at radius 1 is 1.56 bits per heavy atom. The molecule has 0 aromatic carbocycles. The molecule has 4 heteroatoms. The molecule has 102 valence electrons. The first-order valence-corrected chi connectivity index (χ1v) is 7.04. The van der Waals surface area contributed by atoms with Gasteiger partial charge in [-0.3, -0.25) is 0 Å². The van der Waals surface area contributed by atoms with Crippen LogP contribution in [-0.2, 0) is 6.42 Å². The van der Waals surface area contributed by atoms with Gasteiger partial charge >= 0.3 is 0 Å². The molecule has 0 saturated carbocycles. The molecular formula is C14H25N3O. The van der Waals surface area contributed by atoms with Crippen LogP contribution in [0, 0.1) is 0 Å². The van der Waals surface area contributed by atoms with E-state index in [1.54, 1.807) is 0 Å². The summed E-state index contributed by atoms with van der Waals surface area (Å²) in [7, 11) is 1.96. The van der Waals surface area contributed by atoms with E-state index >= 15 is 0 Å². The Morgan fingerprint density at radius 3 is 3.11 bits per heavy atom. The third-order valence-corrected chi connectivity index (χ3v) is 3.73. The zero-order valence-electron chi connectivity index (χ0n) is 11.8. The number of piperidine rings is 1. The number of likely N-dealkylation sites (N-methyl/N-ethyl adjacent to an activating group) is 1. The summed E-state index contributed by atoms with van der Waals surface area (Å²) in [6.07, 6.45) is 5.26. The Hall–Kier alpha value is -0.870. The highest BCUT2D eigenvalue weighted by atomic mass is 16.4. The molecule has 4 nitrogen and oxygen atoms in total. The average Bonchev–Trinajstić information content (AvgIpc) is 2.85. The van der Waals surface area contributed by atoms with E-state index in [1.807, 2.05) is 13.2 Å². The van der Waals surface area contributed by atoms with Crippen LogP contribution in [0.1, 0.15) is 44.3 Å². The molecule has 1 aliphatic heterocycles. The van der Waals surface area contributed by atoms with Crippen molar-refractivity contribution in [2.75, 3.05) is 26.7 Å². The molecule has 2 rings (SSSR count). The lowest BCUT2D eigenvalue weighted by molar-refractivity contribution is 0.156. The van der Waals surface area contributed by atoms with Crippen molar-refractivity contribution in [3.63, 3.8) is 0 Å². The van der Waals surface area contributed by atoms with Gasteiger partial charge in [0.2, 0.25) is 0 Å². The number of oxazole rings is 1. The normalized spacial score (nSPS) is 21.7. The summed E-state index contributed by atoms with van der Waals surface area (Å²) in [5.41, 5.74) is 0. The average molecular weight is 251 g/mol. The largest absolute Gasteiger partial charge is 0.445 e. The lowest BCUT2D eigenvalue weighted by atomic mass is 9.97. The Balaban J connectivity index is 1.95. The fourth-order valence-corrected chi connectivity index (χ4v) is 2.55. The van der Waals surface area contributed by atoms with E-state index in [0.717, 1.165) is 31.2 Å². The zero-order chi connectivity index (χ0) is 13.0. The fraction of sp³-hybridized carbons (Fsp3) is 0.786. The highest BCUT2D eigenvalue weighted by Gasteiger charge is 2.26. The van der Waals surface area contributed by atoms with E-state index in [-0.39, 0.29) is 0 Å². The Bertz CT molecular complexity index is 362. The van der Waals surface area contributed by atoms with Crippen molar-refractivity contribution in [1.29, 1.82) is 0 Å². The number of likely N-dealkylation sites (tertiary alicyclic amines) is 1. The van der Waals surface area contributed by atoms with Gasteiger partial charge in [0.1, 0.15) is 5.76 Å². The molecule has 18 heavy (non-hydrogen) atoms. The van der Waals surface area contributed by atoms with Gasteiger partial charge in [-0.25, -0.2) is 4.98 Å². The second-order valence-corrected chi connectivity index (χ2v) is 5.45. The minimum Gasteiger partial charge on any atom is -0.445 e. The van der Waals surface area contributed by atoms with Crippen LogP contribution in [0.5, 0.6) is 0 Å². The van der Waals surface area contributed by atoms with Crippen molar-refractivity contribution < 1.29 is 4.42 Å². The molecule has 1 fully saturated rings. The number of nitrogens with zero attached hydrogens (tertiary/aromatic N) is 2. The van der Waals surface area contributed by atoms with Crippen molar-refractivity contribution in [3.05, 3.63) is 17.8 Å². The SMILES string of the molecule is CNCCc1cnc(C2CCCN(C(C)C)C2)o1. The van der Waals surface area contributed by atoms with Crippen molar-refractivity contribution in [2.45, 2.75) is 45.1 Å². The van der Waals surface area contributed by atoms with E-state index in [1.165, 1.54) is 19.4 Å². The predicted octanol–water partition coefficient (Wildman–Crippen LogP) is 2.02. The first-order chi connectivity index (χ1) is 8.70. The Kier molecular flexibility index (Phi) is 4.78. The van der Waals surface area contributed by atoms with Crippen LogP contribution in [0.15, 0.2) is 10.6 Å². The van der Waals surface area contributed by atoms with Gasteiger partial charge in [0.15, 0.2) is 5.89 Å². The van der Waals surface area contributed by atoms with Crippen LogP contribution < -0.4 is 5.32 Å². The molecular weight excluding hydrogens is 226 g/mol. The van der Waals surface area contributed by atoms with Gasteiger partial charge in [0.25, 0.3) is 0 Å². The van der Waals surface area contributed by atoms with Crippen molar-refractivity contribution in [3.8, 4) is 0 Å². The Labute approximate surface area is 110 Å². The molecule has 1 N–H and O–H groups in total. The number of hydrogen-bond acceptors (Lipinski definition) is 4. The molecule has 1 saturated heterocycles. The maximum absolute atomic E-state index is 5.88. The maximum atomic E-state index is 5.88. The topological polar surface area (TPSA) is 41.3 Å². The van der Waals surface area contributed by atoms with Gasteiger partial charge in [0.05, 0.1) is 6.20 Å². The molecule has 1 aromatic rings. The maximum Gasteiger partial charge on any atom is 0.198 e. The van der Waals surface area contributed by atoms with Crippen LogP contribution >= 0.6 is 0 Å². The highest BCUT2D eigenvalue weighted by Crippen LogP contribution is 2.27. The molecule has 0 amide bonds. The monoisotopic (exact) mass is 251 g/mol. The van der Waals surface area contributed by atoms with Gasteiger partial charge in [-0.15, -0.1) is 0 Å². The summed E-state index contributed by atoms with van der Waals surface area (Å²) in [6, 6.07) is 0.617. The van der Waals surface area contributed by atoms with Crippen LogP contribution in [-0.4, -0.2) is 42.6 Å². The number of aromatic nitrogens is 1. The number of rotatable bonds is 5. The van der Waals surface area contributed by atoms with Gasteiger partial charge in [-0.1, -0.05) is 0 Å². The van der Waals surface area contributed by atoms with Crippen LogP contribution in [0.3, 0.4) is 0 Å². The molecule has 0 radical (unpaired) electrons. The van der Waals surface area contributed by atoms with Crippen LogP contribution in [0.2, 0.25) is 0 Å². The number of nitrogens with one attached hydrogen (secondary N) is 1. The van der Waals surface area contributed by atoms with Gasteiger partial charge < -0.3 is 14.6 Å². The highest BCUT2D eigenvalue weighted by molar-refractivity contribution is 5.02. The van der Waals surface area contributed by atoms with E-state index in [9.17, 15) is 0 Å². The van der Waals surface area contributed by atoms with E-state index in [4.69, 9.17) is 4.42 Å². The summed E-state index contributed by atoms with van der Waals surface area (Å²) in [5.74, 6) is 2.41. The standard InChI is InChI=1S/C14H25N3O/c1-11(2)17-8-4-5-12(10-17)14-16-9-13(18-14)6-7-15-3/h9,11-12,15H,4-8,10H2,1-3H3. The zero-order valence-corrected chi connectivity index (χ0v) is 11.8. The lowest BCUT2D eigenvalue weighted by Crippen LogP contribution is -2.39. The molecule has 1 aliphatic rings. The first-order valence-electron chi connectivity index (χ1n) is 7.04. The molecule has 0 bridgehead atoms. The first kappa shape index (κ1) is 13.6. The second kappa shape index (κ2) is 6.34. The lowest BCUT2D eigenvalue weighted by Gasteiger charge is -2.34. The van der Waals surface area contributed by atoms with Crippen LogP contribution in [0.25, 0.3) is 0 Å². The number of hydrogen-bond donors (Lipinski definition) is 1. The van der Waals surface area contributed by atoms with Gasteiger partial charge in [0, 0.05) is 31.5 Å². The predicted molar refractivity (Wildman–Crippen MR) is 72.8 cm³/mol. The fourth-order valence-electron chi connectivity index (χ4n) is 2.55. The second-order valence-electron chi connectivity index (χ2n) is 5.45. The third-order valence-electron chi connectivity index (χ3n) is 3.73. The minimum absolute atomic E-state index is 0.476. The van der Waals surface area contributed by atoms with Crippen molar-refractivity contribution in [1.82, 2.24) is 15.2 Å². The summed E-state index contributed by atoms with van der Waals surface area (Å²) >= 11 is 0. The minimum atomic E-state index is 0.476. The van der Waals surface area contributed by atoms with Gasteiger partial charge in [-0.05, 0) is 40.3 Å². The Morgan fingerprint density at radius 2 is 2.39 bits per heavy atom. The van der Waals surface area contributed by atoms with Crippen LogP contribution in [0.4, 0.5) is 0 Å². The quantitative estimate of drug-likeness (QED) is 0.869. The summed E-state index contributed by atoms with van der Waals surface area (Å²) in [6.45, 7) is 7.76. The molecule has 0 aliphatic carbocycles. The van der Waals surface area contributed by atoms with Crippen molar-refractivity contribution >= 4 is 0 Å². The molecule has 1 aromatic heterocycles. The molecule has 2 heterocycles. The molecule has 0 spiro atoms. The van der Waals surface area contributed by atoms with Crippen molar-refractivity contribution in [2.24, 2.45) is 0 Å². The molecule has 1 atom stereocenters. The van der Waals surface area contributed by atoms with E-state index in [2.05, 4.69) is 29.0 Å². The third kappa shape index (κ3) is 3.33.